The minimum Gasteiger partial charge on any atom is -0.354 e. The number of thiophene rings is 1. The lowest BCUT2D eigenvalue weighted by atomic mass is 10.2. The number of fused-ring (bicyclic) bond motifs is 1. The number of nitrogens with zero attached hydrogens (tertiary/aromatic N) is 3. The number of benzene rings is 1. The van der Waals surface area contributed by atoms with Crippen molar-refractivity contribution in [3.05, 3.63) is 53.1 Å². The molecule has 0 saturated carbocycles. The van der Waals surface area contributed by atoms with Gasteiger partial charge in [-0.05, 0) is 50.5 Å². The molecule has 1 aromatic carbocycles. The summed E-state index contributed by atoms with van der Waals surface area (Å²) in [5.41, 5.74) is 0.892. The predicted octanol–water partition coefficient (Wildman–Crippen LogP) is 2.73. The smallest absolute Gasteiger partial charge is 0.262 e. The first-order chi connectivity index (χ1) is 13.7. The van der Waals surface area contributed by atoms with Crippen molar-refractivity contribution in [2.24, 2.45) is 0 Å². The molecule has 0 bridgehead atoms. The maximum Gasteiger partial charge on any atom is 0.262 e. The Balaban J connectivity index is 1.39. The topological polar surface area (TPSA) is 67.2 Å². The number of amides is 1. The number of carbonyl (C=O) groups excluding carboxylic acids is 1. The Hall–Kier alpha value is -2.51. The highest BCUT2D eigenvalue weighted by atomic mass is 32.1. The quantitative estimate of drug-likeness (QED) is 0.624. The SMILES string of the molecule is O=C(Cn1cnc2sc(-c3ccccc3)cc2c1=O)NCCCN1CCCC1. The minimum absolute atomic E-state index is 0.00199. The summed E-state index contributed by atoms with van der Waals surface area (Å²) >= 11 is 1.49. The van der Waals surface area contributed by atoms with Gasteiger partial charge in [0.15, 0.2) is 0 Å². The Morgan fingerprint density at radius 2 is 1.96 bits per heavy atom. The standard InChI is InChI=1S/C21H24N4O2S/c26-19(22-9-6-12-24-10-4-5-11-24)14-25-15-23-20-17(21(25)27)13-18(28-20)16-7-2-1-3-8-16/h1-3,7-8,13,15H,4-6,9-12,14H2,(H,22,26). The average molecular weight is 397 g/mol. The summed E-state index contributed by atoms with van der Waals surface area (Å²) in [5.74, 6) is -0.150. The molecule has 1 aliphatic rings. The van der Waals surface area contributed by atoms with Gasteiger partial charge in [-0.2, -0.15) is 0 Å². The third-order valence-corrected chi connectivity index (χ3v) is 6.15. The molecule has 3 aromatic rings. The summed E-state index contributed by atoms with van der Waals surface area (Å²) in [6.45, 7) is 3.99. The zero-order valence-corrected chi connectivity index (χ0v) is 16.6. The van der Waals surface area contributed by atoms with Crippen molar-refractivity contribution in [1.29, 1.82) is 0 Å². The van der Waals surface area contributed by atoms with Crippen LogP contribution in [0, 0.1) is 0 Å². The van der Waals surface area contributed by atoms with Crippen molar-refractivity contribution in [2.75, 3.05) is 26.2 Å². The molecule has 6 nitrogen and oxygen atoms in total. The van der Waals surface area contributed by atoms with Crippen LogP contribution in [0.15, 0.2) is 47.5 Å². The number of rotatable bonds is 7. The summed E-state index contributed by atoms with van der Waals surface area (Å²) in [6.07, 6.45) is 4.96. The molecule has 7 heteroatoms. The van der Waals surface area contributed by atoms with Crippen molar-refractivity contribution in [1.82, 2.24) is 19.8 Å². The van der Waals surface area contributed by atoms with E-state index in [0.717, 1.165) is 23.4 Å². The van der Waals surface area contributed by atoms with Gasteiger partial charge in [-0.1, -0.05) is 30.3 Å². The number of carbonyl (C=O) groups is 1. The van der Waals surface area contributed by atoms with Crippen LogP contribution >= 0.6 is 11.3 Å². The molecule has 4 rings (SSSR count). The van der Waals surface area contributed by atoms with Crippen LogP contribution in [0.25, 0.3) is 20.7 Å². The summed E-state index contributed by atoms with van der Waals surface area (Å²) in [7, 11) is 0. The summed E-state index contributed by atoms with van der Waals surface area (Å²) in [5, 5.41) is 3.47. The highest BCUT2D eigenvalue weighted by Gasteiger charge is 2.13. The molecule has 0 aliphatic carbocycles. The molecule has 3 heterocycles. The fraction of sp³-hybridized carbons (Fsp3) is 0.381. The Kier molecular flexibility index (Phi) is 5.83. The van der Waals surface area contributed by atoms with E-state index < -0.39 is 0 Å². The number of nitrogens with one attached hydrogen (secondary N) is 1. The zero-order chi connectivity index (χ0) is 19.3. The van der Waals surface area contributed by atoms with E-state index in [4.69, 9.17) is 0 Å². The molecule has 1 amide bonds. The van der Waals surface area contributed by atoms with Crippen molar-refractivity contribution >= 4 is 27.5 Å². The highest BCUT2D eigenvalue weighted by molar-refractivity contribution is 7.21. The van der Waals surface area contributed by atoms with E-state index in [1.54, 1.807) is 0 Å². The normalized spacial score (nSPS) is 14.6. The molecule has 0 unspecified atom stereocenters. The lowest BCUT2D eigenvalue weighted by Crippen LogP contribution is -2.34. The molecule has 1 fully saturated rings. The van der Waals surface area contributed by atoms with Gasteiger partial charge in [0, 0.05) is 11.4 Å². The Bertz CT molecular complexity index is 1010. The van der Waals surface area contributed by atoms with E-state index in [2.05, 4.69) is 15.2 Å². The van der Waals surface area contributed by atoms with Gasteiger partial charge in [-0.3, -0.25) is 14.2 Å². The van der Waals surface area contributed by atoms with Crippen LogP contribution in [0.2, 0.25) is 0 Å². The summed E-state index contributed by atoms with van der Waals surface area (Å²) in [6, 6.07) is 11.8. The van der Waals surface area contributed by atoms with Gasteiger partial charge in [0.2, 0.25) is 5.91 Å². The fourth-order valence-electron chi connectivity index (χ4n) is 3.56. The average Bonchev–Trinajstić information content (AvgIpc) is 3.38. The Morgan fingerprint density at radius 1 is 1.18 bits per heavy atom. The highest BCUT2D eigenvalue weighted by Crippen LogP contribution is 2.30. The molecule has 1 N–H and O–H groups in total. The van der Waals surface area contributed by atoms with Crippen LogP contribution in [-0.2, 0) is 11.3 Å². The van der Waals surface area contributed by atoms with Crippen LogP contribution < -0.4 is 10.9 Å². The first kappa shape index (κ1) is 18.8. The van der Waals surface area contributed by atoms with Crippen LogP contribution in [0.1, 0.15) is 19.3 Å². The van der Waals surface area contributed by atoms with E-state index in [9.17, 15) is 9.59 Å². The molecule has 1 aliphatic heterocycles. The molecule has 146 valence electrons. The predicted molar refractivity (Wildman–Crippen MR) is 113 cm³/mol. The zero-order valence-electron chi connectivity index (χ0n) is 15.8. The van der Waals surface area contributed by atoms with Gasteiger partial charge in [0.05, 0.1) is 11.7 Å². The van der Waals surface area contributed by atoms with E-state index in [1.807, 2.05) is 36.4 Å². The van der Waals surface area contributed by atoms with Gasteiger partial charge in [-0.15, -0.1) is 11.3 Å². The van der Waals surface area contributed by atoms with E-state index in [1.165, 1.54) is 48.2 Å². The molecule has 0 atom stereocenters. The molecule has 2 aromatic heterocycles. The number of hydrogen-bond donors (Lipinski definition) is 1. The second-order valence-electron chi connectivity index (χ2n) is 7.13. The molecular weight excluding hydrogens is 372 g/mol. The lowest BCUT2D eigenvalue weighted by Gasteiger charge is -2.14. The van der Waals surface area contributed by atoms with Gasteiger partial charge in [0.1, 0.15) is 11.4 Å². The van der Waals surface area contributed by atoms with Gasteiger partial charge < -0.3 is 10.2 Å². The van der Waals surface area contributed by atoms with Crippen LogP contribution in [0.3, 0.4) is 0 Å². The molecule has 28 heavy (non-hydrogen) atoms. The monoisotopic (exact) mass is 396 g/mol. The Morgan fingerprint density at radius 3 is 2.75 bits per heavy atom. The van der Waals surface area contributed by atoms with Crippen LogP contribution in [0.4, 0.5) is 0 Å². The van der Waals surface area contributed by atoms with E-state index >= 15 is 0 Å². The third-order valence-electron chi connectivity index (χ3n) is 5.06. The van der Waals surface area contributed by atoms with Crippen molar-refractivity contribution in [2.45, 2.75) is 25.8 Å². The third kappa shape index (κ3) is 4.31. The number of hydrogen-bond acceptors (Lipinski definition) is 5. The van der Waals surface area contributed by atoms with E-state index in [-0.39, 0.29) is 18.0 Å². The summed E-state index contributed by atoms with van der Waals surface area (Å²) in [4.78, 5) is 33.5. The molecule has 1 saturated heterocycles. The molecule has 0 spiro atoms. The minimum atomic E-state index is -0.171. The maximum absolute atomic E-state index is 12.8. The van der Waals surface area contributed by atoms with Crippen molar-refractivity contribution < 1.29 is 4.79 Å². The largest absolute Gasteiger partial charge is 0.354 e. The lowest BCUT2D eigenvalue weighted by molar-refractivity contribution is -0.121. The maximum atomic E-state index is 12.8. The number of aromatic nitrogens is 2. The van der Waals surface area contributed by atoms with E-state index in [0.29, 0.717) is 16.8 Å². The first-order valence-electron chi connectivity index (χ1n) is 9.74. The number of likely N-dealkylation sites (tertiary alicyclic amines) is 1. The van der Waals surface area contributed by atoms with Gasteiger partial charge in [0.25, 0.3) is 5.56 Å². The summed E-state index contributed by atoms with van der Waals surface area (Å²) < 4.78 is 1.39. The fourth-order valence-corrected chi connectivity index (χ4v) is 4.56. The molecular formula is C21H24N4O2S. The van der Waals surface area contributed by atoms with Gasteiger partial charge >= 0.3 is 0 Å². The van der Waals surface area contributed by atoms with Crippen LogP contribution in [0.5, 0.6) is 0 Å². The van der Waals surface area contributed by atoms with Crippen molar-refractivity contribution in [3.8, 4) is 10.4 Å². The van der Waals surface area contributed by atoms with Crippen LogP contribution in [-0.4, -0.2) is 46.5 Å². The first-order valence-corrected chi connectivity index (χ1v) is 10.6. The second-order valence-corrected chi connectivity index (χ2v) is 8.16. The Labute approximate surface area is 167 Å². The second kappa shape index (κ2) is 8.67. The van der Waals surface area contributed by atoms with Gasteiger partial charge in [-0.25, -0.2) is 4.98 Å². The molecule has 0 radical (unpaired) electrons. The van der Waals surface area contributed by atoms with Crippen molar-refractivity contribution in [3.63, 3.8) is 0 Å².